The second kappa shape index (κ2) is 14.6. The average molecular weight is 630 g/mol. The van der Waals surface area contributed by atoms with Crippen molar-refractivity contribution in [3.05, 3.63) is 108 Å². The van der Waals surface area contributed by atoms with Gasteiger partial charge < -0.3 is 24.8 Å². The Bertz CT molecular complexity index is 1430. The lowest BCUT2D eigenvalue weighted by molar-refractivity contribution is -0.164. The minimum atomic E-state index is -1.82. The average Bonchev–Trinajstić information content (AvgIpc) is 3.70. The molecule has 0 saturated carbocycles. The molecular formula is C36H44N3O5P. The molecule has 8 nitrogen and oxygen atoms in total. The summed E-state index contributed by atoms with van der Waals surface area (Å²) in [5, 5.41) is -1.66. The molecule has 3 aromatic rings. The molecule has 0 spiro atoms. The topological polar surface area (TPSA) is 110 Å². The van der Waals surface area contributed by atoms with Gasteiger partial charge in [0.05, 0.1) is 6.04 Å². The van der Waals surface area contributed by atoms with Crippen LogP contribution in [0.4, 0.5) is 0 Å². The van der Waals surface area contributed by atoms with Crippen molar-refractivity contribution in [2.24, 2.45) is 11.1 Å². The normalized spacial score (nSPS) is 21.7. The summed E-state index contributed by atoms with van der Waals surface area (Å²) in [6.45, 7) is 2.31. The maximum Gasteiger partial charge on any atom is 0.340 e. The number of carbonyl (C=O) groups is 3. The van der Waals surface area contributed by atoms with E-state index >= 15 is 0 Å². The van der Waals surface area contributed by atoms with Gasteiger partial charge in [-0.05, 0) is 68.6 Å². The third-order valence-corrected chi connectivity index (χ3v) is 11.2. The Labute approximate surface area is 267 Å². The second-order valence-electron chi connectivity index (χ2n) is 12.4. The number of likely N-dealkylation sites (tertiary alicyclic amines) is 2. The molecule has 0 bridgehead atoms. The number of hydrogen-bond donors (Lipinski definition) is 1. The Kier molecular flexibility index (Phi) is 10.6. The van der Waals surface area contributed by atoms with Crippen LogP contribution in [-0.4, -0.2) is 58.0 Å². The Morgan fingerprint density at radius 1 is 0.867 bits per heavy atom. The molecule has 2 fully saturated rings. The van der Waals surface area contributed by atoms with Gasteiger partial charge in [0.15, 0.2) is 5.28 Å². The van der Waals surface area contributed by atoms with Gasteiger partial charge in [-0.25, -0.2) is 4.79 Å². The number of nitrogens with zero attached hydrogens (tertiary/aromatic N) is 2. The van der Waals surface area contributed by atoms with E-state index in [0.29, 0.717) is 51.5 Å². The van der Waals surface area contributed by atoms with Gasteiger partial charge in [-0.2, -0.15) is 0 Å². The summed E-state index contributed by atoms with van der Waals surface area (Å²) in [5.74, 6) is -1.27. The molecule has 3 aromatic carbocycles. The van der Waals surface area contributed by atoms with E-state index in [1.54, 1.807) is 11.8 Å². The SMILES string of the molecule is C[C@H](N)C(=O)N1CCC[C@H]1C(=O)N1CCC(CCc2ccccc2)(CCc2ccccc2)[C@@]1([PH2]=O)C(=O)OCc1ccccc1. The molecule has 2 N–H and O–H groups in total. The zero-order chi connectivity index (χ0) is 31.9. The monoisotopic (exact) mass is 629 g/mol. The van der Waals surface area contributed by atoms with Crippen LogP contribution < -0.4 is 5.73 Å². The molecule has 5 rings (SSSR count). The van der Waals surface area contributed by atoms with Crippen molar-refractivity contribution in [1.29, 1.82) is 0 Å². The van der Waals surface area contributed by atoms with E-state index in [1.165, 1.54) is 4.90 Å². The predicted molar refractivity (Wildman–Crippen MR) is 176 cm³/mol. The van der Waals surface area contributed by atoms with E-state index < -0.39 is 37.2 Å². The van der Waals surface area contributed by atoms with Crippen LogP contribution in [0.1, 0.15) is 55.7 Å². The number of esters is 1. The maximum absolute atomic E-state index is 14.6. The standard InChI is InChI=1S/C36H44N3O5P/c1-27(37)32(40)38-24-11-18-31(38)33(41)39-25-23-35(21-19-28-12-5-2-6-13-28,22-20-29-14-7-3-8-15-29)36(39,45-43)34(42)44-26-30-16-9-4-10-17-30/h2-10,12-17,27,31H,11,18-26,37,45H2,1H3/t27-,31-,36-/m0/s1. The van der Waals surface area contributed by atoms with Crippen LogP contribution in [0.2, 0.25) is 0 Å². The first kappa shape index (κ1) is 32.6. The summed E-state index contributed by atoms with van der Waals surface area (Å²) < 4.78 is 19.9. The van der Waals surface area contributed by atoms with Crippen molar-refractivity contribution in [1.82, 2.24) is 9.80 Å². The molecule has 2 amide bonds. The van der Waals surface area contributed by atoms with E-state index in [2.05, 4.69) is 24.3 Å². The van der Waals surface area contributed by atoms with Crippen molar-refractivity contribution in [3.63, 3.8) is 0 Å². The number of hydrogen-bond acceptors (Lipinski definition) is 6. The quantitative estimate of drug-likeness (QED) is 0.223. The van der Waals surface area contributed by atoms with Crippen LogP contribution >= 0.6 is 8.46 Å². The van der Waals surface area contributed by atoms with E-state index in [0.717, 1.165) is 16.7 Å². The van der Waals surface area contributed by atoms with Gasteiger partial charge >= 0.3 is 5.97 Å². The molecule has 45 heavy (non-hydrogen) atoms. The van der Waals surface area contributed by atoms with Crippen LogP contribution in [0.3, 0.4) is 0 Å². The van der Waals surface area contributed by atoms with Gasteiger partial charge in [-0.3, -0.25) is 9.59 Å². The third-order valence-electron chi connectivity index (χ3n) is 9.69. The van der Waals surface area contributed by atoms with E-state index in [4.69, 9.17) is 10.5 Å². The molecular weight excluding hydrogens is 585 g/mol. The van der Waals surface area contributed by atoms with Gasteiger partial charge in [0.25, 0.3) is 0 Å². The molecule has 1 unspecified atom stereocenters. The largest absolute Gasteiger partial charge is 0.459 e. The first-order chi connectivity index (χ1) is 21.8. The van der Waals surface area contributed by atoms with E-state index in [-0.39, 0.29) is 25.0 Å². The number of ether oxygens (including phenoxy) is 1. The first-order valence-electron chi connectivity index (χ1n) is 15.9. The van der Waals surface area contributed by atoms with Crippen molar-refractivity contribution in [2.75, 3.05) is 13.1 Å². The minimum Gasteiger partial charge on any atom is -0.459 e. The van der Waals surface area contributed by atoms with Gasteiger partial charge in [0.2, 0.25) is 11.8 Å². The lowest BCUT2D eigenvalue weighted by Crippen LogP contribution is -2.61. The van der Waals surface area contributed by atoms with Crippen LogP contribution in [0.25, 0.3) is 0 Å². The number of rotatable bonds is 12. The minimum absolute atomic E-state index is 0.00900. The zero-order valence-corrected chi connectivity index (χ0v) is 27.1. The Morgan fingerprint density at radius 2 is 1.40 bits per heavy atom. The summed E-state index contributed by atoms with van der Waals surface area (Å²) in [5.41, 5.74) is 8.17. The van der Waals surface area contributed by atoms with Gasteiger partial charge in [0.1, 0.15) is 21.1 Å². The zero-order valence-electron chi connectivity index (χ0n) is 26.0. The molecule has 0 radical (unpaired) electrons. The maximum atomic E-state index is 14.6. The summed E-state index contributed by atoms with van der Waals surface area (Å²) in [6, 6.07) is 28.0. The molecule has 9 heteroatoms. The molecule has 2 aliphatic rings. The van der Waals surface area contributed by atoms with Crippen molar-refractivity contribution < 1.29 is 23.7 Å². The smallest absolute Gasteiger partial charge is 0.340 e. The summed E-state index contributed by atoms with van der Waals surface area (Å²) >= 11 is 0. The third kappa shape index (κ3) is 6.78. The fourth-order valence-electron chi connectivity index (χ4n) is 7.20. The highest BCUT2D eigenvalue weighted by molar-refractivity contribution is 7.28. The van der Waals surface area contributed by atoms with Crippen molar-refractivity contribution in [3.8, 4) is 0 Å². The summed E-state index contributed by atoms with van der Waals surface area (Å²) in [6.07, 6.45) is 4.05. The lowest BCUT2D eigenvalue weighted by atomic mass is 9.71. The number of nitrogens with two attached hydrogens (primary N) is 1. The van der Waals surface area contributed by atoms with Crippen LogP contribution in [0.15, 0.2) is 91.0 Å². The molecule has 2 aliphatic heterocycles. The Balaban J connectivity index is 1.56. The highest BCUT2D eigenvalue weighted by Gasteiger charge is 2.66. The second-order valence-corrected chi connectivity index (χ2v) is 13.5. The molecule has 238 valence electrons. The number of carbonyl (C=O) groups excluding carboxylic acids is 3. The van der Waals surface area contributed by atoms with Gasteiger partial charge in [-0.15, -0.1) is 0 Å². The van der Waals surface area contributed by atoms with Crippen molar-refractivity contribution >= 4 is 26.2 Å². The van der Waals surface area contributed by atoms with Crippen molar-refractivity contribution in [2.45, 2.75) is 75.8 Å². The molecule has 0 aliphatic carbocycles. The fourth-order valence-corrected chi connectivity index (χ4v) is 8.45. The number of aryl methyl sites for hydroxylation is 2. The summed E-state index contributed by atoms with van der Waals surface area (Å²) in [7, 11) is -1.82. The van der Waals surface area contributed by atoms with Gasteiger partial charge in [0, 0.05) is 18.5 Å². The van der Waals surface area contributed by atoms with Crippen LogP contribution in [-0.2, 0) is 43.1 Å². The highest BCUT2D eigenvalue weighted by atomic mass is 31.1. The molecule has 2 heterocycles. The van der Waals surface area contributed by atoms with Crippen LogP contribution in [0, 0.1) is 5.41 Å². The molecule has 0 aromatic heterocycles. The van der Waals surface area contributed by atoms with Crippen LogP contribution in [0.5, 0.6) is 0 Å². The molecule has 2 saturated heterocycles. The predicted octanol–water partition coefficient (Wildman–Crippen LogP) is 5.00. The number of benzene rings is 3. The Hall–Kier alpha value is -3.74. The first-order valence-corrected chi connectivity index (χ1v) is 17.0. The number of amides is 2. The lowest BCUT2D eigenvalue weighted by Gasteiger charge is -2.45. The van der Waals surface area contributed by atoms with E-state index in [9.17, 15) is 18.9 Å². The van der Waals surface area contributed by atoms with E-state index in [1.807, 2.05) is 66.7 Å². The Morgan fingerprint density at radius 3 is 1.91 bits per heavy atom. The fraction of sp³-hybridized carbons (Fsp3) is 0.417. The van der Waals surface area contributed by atoms with Gasteiger partial charge in [-0.1, -0.05) is 91.0 Å². The molecule has 4 atom stereocenters. The summed E-state index contributed by atoms with van der Waals surface area (Å²) in [4.78, 5) is 45.2. The highest BCUT2D eigenvalue weighted by Crippen LogP contribution is 2.58.